The lowest BCUT2D eigenvalue weighted by Gasteiger charge is -2.11. The van der Waals surface area contributed by atoms with Crippen LogP contribution in [-0.4, -0.2) is 11.6 Å². The number of anilines is 1. The average molecular weight is 319 g/mol. The molecular weight excluding hydrogens is 304 g/mol. The summed E-state index contributed by atoms with van der Waals surface area (Å²) in [7, 11) is 0. The third kappa shape index (κ3) is 4.10. The van der Waals surface area contributed by atoms with Crippen molar-refractivity contribution in [1.29, 1.82) is 0 Å². The summed E-state index contributed by atoms with van der Waals surface area (Å²) in [5.74, 6) is 0.875. The molecule has 98 valence electrons. The van der Waals surface area contributed by atoms with Crippen LogP contribution in [0.5, 0.6) is 5.75 Å². The van der Waals surface area contributed by atoms with Gasteiger partial charge in [0.2, 0.25) is 0 Å². The first-order valence-corrected chi connectivity index (χ1v) is 6.76. The summed E-state index contributed by atoms with van der Waals surface area (Å²) in [5, 5.41) is 3.32. The normalized spacial score (nSPS) is 9.95. The maximum absolute atomic E-state index is 5.61. The number of para-hydroxylation sites is 1. The smallest absolute Gasteiger partial charge is 0.124 e. The van der Waals surface area contributed by atoms with Gasteiger partial charge in [-0.1, -0.05) is 30.9 Å². The average Bonchev–Trinajstić information content (AvgIpc) is 2.45. The number of hydrogen-bond donors (Lipinski definition) is 1. The van der Waals surface area contributed by atoms with Crippen molar-refractivity contribution in [3.8, 4) is 5.75 Å². The molecule has 0 spiro atoms. The molecule has 0 unspecified atom stereocenters. The van der Waals surface area contributed by atoms with Gasteiger partial charge in [-0.3, -0.25) is 0 Å². The number of nitrogens with one attached hydrogen (secondary N) is 1. The topological polar surface area (TPSA) is 34.1 Å². The Hall–Kier alpha value is -1.81. The minimum absolute atomic E-state index is 0.511. The van der Waals surface area contributed by atoms with Crippen LogP contribution in [0.1, 0.15) is 5.56 Å². The van der Waals surface area contributed by atoms with Gasteiger partial charge in [-0.25, -0.2) is 4.98 Å². The van der Waals surface area contributed by atoms with Gasteiger partial charge in [0.1, 0.15) is 17.0 Å². The molecule has 0 atom stereocenters. The molecule has 1 aromatic carbocycles. The molecule has 2 rings (SSSR count). The molecule has 0 aliphatic heterocycles. The molecule has 1 N–H and O–H groups in total. The van der Waals surface area contributed by atoms with Crippen LogP contribution in [0.25, 0.3) is 0 Å². The molecule has 0 saturated heterocycles. The van der Waals surface area contributed by atoms with Crippen LogP contribution >= 0.6 is 15.9 Å². The van der Waals surface area contributed by atoms with Gasteiger partial charge >= 0.3 is 0 Å². The number of halogens is 1. The number of nitrogens with zero attached hydrogens (tertiary/aromatic N) is 1. The van der Waals surface area contributed by atoms with Crippen molar-refractivity contribution >= 4 is 21.6 Å². The van der Waals surface area contributed by atoms with Crippen molar-refractivity contribution < 1.29 is 4.74 Å². The number of benzene rings is 1. The largest absolute Gasteiger partial charge is 0.489 e. The number of rotatable bonds is 6. The molecule has 0 aliphatic carbocycles. The second-order valence-electron chi connectivity index (χ2n) is 3.93. The second kappa shape index (κ2) is 6.95. The van der Waals surface area contributed by atoms with Crippen LogP contribution in [0.2, 0.25) is 0 Å². The Kier molecular flexibility index (Phi) is 4.98. The van der Waals surface area contributed by atoms with E-state index in [-0.39, 0.29) is 0 Å². The Morgan fingerprint density at radius 3 is 2.84 bits per heavy atom. The lowest BCUT2D eigenvalue weighted by atomic mass is 10.2. The lowest BCUT2D eigenvalue weighted by Crippen LogP contribution is -2.03. The third-order valence-electron chi connectivity index (χ3n) is 2.54. The molecule has 1 heterocycles. The van der Waals surface area contributed by atoms with Crippen LogP contribution in [0, 0.1) is 0 Å². The number of aromatic nitrogens is 1. The molecule has 0 saturated carbocycles. The summed E-state index contributed by atoms with van der Waals surface area (Å²) < 4.78 is 6.44. The number of pyridine rings is 1. The Morgan fingerprint density at radius 2 is 2.11 bits per heavy atom. The van der Waals surface area contributed by atoms with Gasteiger partial charge in [-0.15, -0.1) is 0 Å². The van der Waals surface area contributed by atoms with Gasteiger partial charge < -0.3 is 10.1 Å². The van der Waals surface area contributed by atoms with Crippen molar-refractivity contribution in [2.24, 2.45) is 0 Å². The second-order valence-corrected chi connectivity index (χ2v) is 4.74. The van der Waals surface area contributed by atoms with Crippen LogP contribution in [0.4, 0.5) is 5.69 Å². The van der Waals surface area contributed by atoms with Gasteiger partial charge in [0.05, 0.1) is 11.9 Å². The molecule has 0 bridgehead atoms. The van der Waals surface area contributed by atoms with Crippen LogP contribution in [0.15, 0.2) is 59.9 Å². The van der Waals surface area contributed by atoms with Crippen molar-refractivity contribution in [2.45, 2.75) is 6.54 Å². The zero-order valence-electron chi connectivity index (χ0n) is 10.5. The quantitative estimate of drug-likeness (QED) is 0.645. The van der Waals surface area contributed by atoms with Crippen LogP contribution < -0.4 is 10.1 Å². The highest BCUT2D eigenvalue weighted by Gasteiger charge is 2.02. The molecule has 0 aliphatic rings. The highest BCUT2D eigenvalue weighted by Crippen LogP contribution is 2.19. The van der Waals surface area contributed by atoms with E-state index in [1.165, 1.54) is 0 Å². The zero-order valence-corrected chi connectivity index (χ0v) is 12.1. The van der Waals surface area contributed by atoms with Crippen molar-refractivity contribution in [3.05, 3.63) is 65.4 Å². The molecule has 4 heteroatoms. The zero-order chi connectivity index (χ0) is 13.5. The van der Waals surface area contributed by atoms with E-state index in [4.69, 9.17) is 4.74 Å². The van der Waals surface area contributed by atoms with Gasteiger partial charge in [-0.2, -0.15) is 0 Å². The van der Waals surface area contributed by atoms with Crippen LogP contribution in [0.3, 0.4) is 0 Å². The fourth-order valence-corrected chi connectivity index (χ4v) is 1.85. The summed E-state index contributed by atoms with van der Waals surface area (Å²) in [6.45, 7) is 4.86. The fourth-order valence-electron chi connectivity index (χ4n) is 1.62. The van der Waals surface area contributed by atoms with Crippen LogP contribution in [-0.2, 0) is 6.54 Å². The molecule has 19 heavy (non-hydrogen) atoms. The lowest BCUT2D eigenvalue weighted by molar-refractivity contribution is 0.359. The molecule has 1 aromatic heterocycles. The Morgan fingerprint density at radius 1 is 1.26 bits per heavy atom. The van der Waals surface area contributed by atoms with E-state index in [0.29, 0.717) is 13.2 Å². The monoisotopic (exact) mass is 318 g/mol. The summed E-state index contributed by atoms with van der Waals surface area (Å²) in [6.07, 6.45) is 3.53. The Balaban J connectivity index is 2.02. The van der Waals surface area contributed by atoms with Crippen molar-refractivity contribution in [1.82, 2.24) is 4.98 Å². The third-order valence-corrected chi connectivity index (χ3v) is 3.01. The summed E-state index contributed by atoms with van der Waals surface area (Å²) in [5.41, 5.74) is 2.08. The van der Waals surface area contributed by atoms with Crippen molar-refractivity contribution in [2.75, 3.05) is 11.9 Å². The van der Waals surface area contributed by atoms with E-state index >= 15 is 0 Å². The van der Waals surface area contributed by atoms with E-state index < -0.39 is 0 Å². The first-order valence-electron chi connectivity index (χ1n) is 5.96. The Bertz CT molecular complexity index is 540. The van der Waals surface area contributed by atoms with E-state index in [1.807, 2.05) is 36.4 Å². The van der Waals surface area contributed by atoms with Gasteiger partial charge in [0, 0.05) is 12.1 Å². The highest BCUT2D eigenvalue weighted by molar-refractivity contribution is 9.10. The predicted octanol–water partition coefficient (Wildman–Crippen LogP) is 4.02. The van der Waals surface area contributed by atoms with E-state index in [0.717, 1.165) is 21.6 Å². The molecule has 3 nitrogen and oxygen atoms in total. The summed E-state index contributed by atoms with van der Waals surface area (Å²) in [6, 6.07) is 11.8. The standard InChI is InChI=1S/C15H15BrN2O/c1-2-9-19-14-6-4-3-5-12(14)10-17-13-7-8-15(16)18-11-13/h2-8,11,17H,1,9-10H2. The van der Waals surface area contributed by atoms with E-state index in [2.05, 4.69) is 32.8 Å². The predicted molar refractivity (Wildman–Crippen MR) is 81.4 cm³/mol. The Labute approximate surface area is 121 Å². The van der Waals surface area contributed by atoms with Gasteiger partial charge in [0.25, 0.3) is 0 Å². The highest BCUT2D eigenvalue weighted by atomic mass is 79.9. The molecule has 0 fully saturated rings. The number of hydrogen-bond acceptors (Lipinski definition) is 3. The number of ether oxygens (including phenoxy) is 1. The van der Waals surface area contributed by atoms with Gasteiger partial charge in [0.15, 0.2) is 0 Å². The molecular formula is C15H15BrN2O. The first kappa shape index (κ1) is 13.6. The van der Waals surface area contributed by atoms with E-state index in [1.54, 1.807) is 12.3 Å². The molecule has 0 amide bonds. The van der Waals surface area contributed by atoms with Gasteiger partial charge in [-0.05, 0) is 34.1 Å². The SMILES string of the molecule is C=CCOc1ccccc1CNc1ccc(Br)nc1. The molecule has 0 radical (unpaired) electrons. The summed E-state index contributed by atoms with van der Waals surface area (Å²) in [4.78, 5) is 4.17. The fraction of sp³-hybridized carbons (Fsp3) is 0.133. The minimum Gasteiger partial charge on any atom is -0.489 e. The van der Waals surface area contributed by atoms with Crippen molar-refractivity contribution in [3.63, 3.8) is 0 Å². The molecule has 2 aromatic rings. The summed E-state index contributed by atoms with van der Waals surface area (Å²) >= 11 is 3.31. The minimum atomic E-state index is 0.511. The maximum atomic E-state index is 5.61. The maximum Gasteiger partial charge on any atom is 0.124 e. The first-order chi connectivity index (χ1) is 9.29. The van der Waals surface area contributed by atoms with E-state index in [9.17, 15) is 0 Å².